The van der Waals surface area contributed by atoms with E-state index in [0.717, 1.165) is 51.0 Å². The van der Waals surface area contributed by atoms with Crippen molar-refractivity contribution in [1.82, 2.24) is 29.0 Å². The van der Waals surface area contributed by atoms with Crippen LogP contribution in [0.4, 0.5) is 22.7 Å². The number of aromatic amines is 1. The summed E-state index contributed by atoms with van der Waals surface area (Å²) in [6.45, 7) is 28.6. The molecule has 9 heterocycles. The molecule has 3 saturated heterocycles. The number of anilines is 4. The van der Waals surface area contributed by atoms with E-state index in [1.807, 2.05) is 151 Å². The molecule has 0 bridgehead atoms. The molecule has 4 aromatic carbocycles. The number of aliphatic hydroxyl groups excluding tert-OH is 2. The molecule has 3 aliphatic heterocycles. The van der Waals surface area contributed by atoms with Crippen LogP contribution in [-0.2, 0) is 66.7 Å². The van der Waals surface area contributed by atoms with Crippen LogP contribution in [-0.4, -0.2) is 94.0 Å². The predicted molar refractivity (Wildman–Crippen MR) is 459 cm³/mol. The fraction of sp³-hybridized carbons (Fsp3) is 0.342. The highest BCUT2D eigenvalue weighted by molar-refractivity contribution is 14.1. The van der Waals surface area contributed by atoms with Gasteiger partial charge in [0.05, 0.1) is 98.3 Å². The van der Waals surface area contributed by atoms with Crippen molar-refractivity contribution in [3.8, 4) is 11.1 Å². The molecule has 592 valence electrons. The molecule has 13 rings (SSSR count). The number of hydrogen-bond acceptors (Lipinski definition) is 20. The molecule has 24 nitrogen and oxygen atoms in total. The molecule has 0 atom stereocenters. The summed E-state index contributed by atoms with van der Waals surface area (Å²) < 4.78 is 53.0. The standard InChI is InChI=1S/C18H22BClN2O3.C17H16ClN3O3.C12H24B2O4.C12H10BrClN2O.C7H6Cl2.C5H5BrN2O.C5H6INO2/c1-17(2)18(3,4)25-19(24-17)13-9-15(21)16(23)22(11-13)10-12-5-7-14(20)8-6-12;1-10-16(15(9-22)20-24-10)12-6-14(19)17(23)21(8-12)7-11-2-4-13(18)5-3-11;1-9(2)10(3,4)16-13(15-9)14-17-11(5,6)12(7,8)18-14;13-9-5-11(15)12(17)16(7-9)6-8-1-3-10(14)4-2-8;8-5-6-1-3-7(9)4-2-6;6-3-1-4(7)5(9)8-2-3;1-3-5(6)4(2-8)7-9-3/h5-9,11H,10,21H2,1-4H3;2-6,8,22H,7,9,19H2,1H3;1-8H3;1-5,7H,6,15H2;1-4H,5H2;1-2H,7H2,(H,8,9);8H,2H2,1H3. The first-order valence-electron chi connectivity index (χ1n) is 34.5. The number of nitrogens with one attached hydrogen (secondary N) is 1. The van der Waals surface area contributed by atoms with Crippen LogP contribution in [0.3, 0.4) is 0 Å². The first-order chi connectivity index (χ1) is 51.8. The summed E-state index contributed by atoms with van der Waals surface area (Å²) in [5, 5.41) is 28.2. The van der Waals surface area contributed by atoms with Gasteiger partial charge in [-0.15, -0.1) is 11.6 Å². The molecular weight excluding hydrogens is 1770 g/mol. The number of aromatic nitrogens is 6. The third-order valence-electron chi connectivity index (χ3n) is 18.8. The minimum Gasteiger partial charge on any atom is -0.405 e. The van der Waals surface area contributed by atoms with E-state index in [1.165, 1.54) is 4.57 Å². The lowest BCUT2D eigenvalue weighted by Crippen LogP contribution is -2.41. The number of benzene rings is 4. The molecule has 10 aromatic rings. The zero-order valence-corrected chi connectivity index (χ0v) is 72.8. The smallest absolute Gasteiger partial charge is 0.405 e. The third kappa shape index (κ3) is 24.7. The summed E-state index contributed by atoms with van der Waals surface area (Å²) in [6, 6.07) is 35.8. The van der Waals surface area contributed by atoms with Gasteiger partial charge in [-0.2, -0.15) is 0 Å². The highest BCUT2D eigenvalue weighted by atomic mass is 127. The van der Waals surface area contributed by atoms with Gasteiger partial charge in [0.25, 0.3) is 22.2 Å². The van der Waals surface area contributed by atoms with Crippen LogP contribution in [0.5, 0.6) is 0 Å². The third-order valence-corrected chi connectivity index (χ3v) is 22.3. The minimum absolute atomic E-state index is 0.0460. The molecular formula is C76H89B3Br2Cl5IN10O14. The molecule has 0 aliphatic carbocycles. The van der Waals surface area contributed by atoms with Crippen molar-refractivity contribution in [2.45, 2.75) is 169 Å². The molecule has 0 saturated carbocycles. The largest absolute Gasteiger partial charge is 0.496 e. The van der Waals surface area contributed by atoms with Gasteiger partial charge in [-0.1, -0.05) is 105 Å². The van der Waals surface area contributed by atoms with Crippen molar-refractivity contribution in [1.29, 1.82) is 0 Å². The lowest BCUT2D eigenvalue weighted by Gasteiger charge is -2.32. The maximum absolute atomic E-state index is 12.4. The van der Waals surface area contributed by atoms with Crippen molar-refractivity contribution < 1.29 is 47.2 Å². The molecule has 6 aromatic heterocycles. The van der Waals surface area contributed by atoms with Crippen molar-refractivity contribution >= 4 is 162 Å². The Bertz CT molecular complexity index is 4970. The molecule has 35 heteroatoms. The number of rotatable bonds is 12. The maximum Gasteiger partial charge on any atom is 0.496 e. The average molecular weight is 1860 g/mol. The summed E-state index contributed by atoms with van der Waals surface area (Å²) in [6.07, 6.45) is 6.69. The van der Waals surface area contributed by atoms with Crippen molar-refractivity contribution in [2.24, 2.45) is 0 Å². The van der Waals surface area contributed by atoms with E-state index >= 15 is 0 Å². The van der Waals surface area contributed by atoms with Crippen LogP contribution in [0.15, 0.2) is 183 Å². The Morgan fingerprint density at radius 1 is 0.468 bits per heavy atom. The number of halogens is 8. The van der Waals surface area contributed by atoms with Gasteiger partial charge in [-0.25, -0.2) is 0 Å². The van der Waals surface area contributed by atoms with Gasteiger partial charge >= 0.3 is 21.1 Å². The first kappa shape index (κ1) is 91.5. The maximum atomic E-state index is 12.4. The Hall–Kier alpha value is -6.69. The first-order valence-corrected chi connectivity index (χ1v) is 39.2. The number of aryl methyl sites for hydroxylation is 2. The molecule has 3 aliphatic rings. The van der Waals surface area contributed by atoms with Crippen molar-refractivity contribution in [2.75, 3.05) is 22.9 Å². The fourth-order valence-electron chi connectivity index (χ4n) is 10.4. The zero-order valence-electron chi connectivity index (χ0n) is 63.7. The van der Waals surface area contributed by atoms with E-state index in [1.54, 1.807) is 102 Å². The van der Waals surface area contributed by atoms with Crippen LogP contribution < -0.4 is 50.6 Å². The van der Waals surface area contributed by atoms with E-state index in [-0.39, 0.29) is 80.6 Å². The highest BCUT2D eigenvalue weighted by Crippen LogP contribution is 2.43. The van der Waals surface area contributed by atoms with E-state index in [2.05, 4.69) is 69.7 Å². The SMILES string of the molecule is CC1(C)OB(B2OC(C)(C)C(C)(C)O2)OC1(C)C.CC1(C)OB(c2cc(N)c(=O)n(Cc3ccc(Cl)cc3)c2)OC1(C)C.Cc1onc(CO)c1-c1cc(N)c(=O)n(Cc2ccc(Cl)cc2)c1.Cc1onc(CO)c1I.ClCc1ccc(Cl)cc1.Nc1cc(Br)c[nH]c1=O.Nc1cc(Br)cn(Cc2ccc(Cl)cc2)c1=O. The second-order valence-corrected chi connectivity index (χ2v) is 33.7. The Labute approximate surface area is 700 Å². The number of pyridine rings is 4. The van der Waals surface area contributed by atoms with Gasteiger partial charge in [-0.3, -0.25) is 19.2 Å². The Balaban J connectivity index is 0.000000186. The molecule has 0 unspecified atom stereocenters. The lowest BCUT2D eigenvalue weighted by atomic mass is 9.49. The quantitative estimate of drug-likeness (QED) is 0.0339. The Morgan fingerprint density at radius 3 is 1.17 bits per heavy atom. The monoisotopic (exact) mass is 1860 g/mol. The Kier molecular flexibility index (Phi) is 32.2. The van der Waals surface area contributed by atoms with Crippen LogP contribution in [0.1, 0.15) is 128 Å². The fourth-order valence-corrected chi connectivity index (χ4v) is 12.3. The van der Waals surface area contributed by atoms with Gasteiger partial charge in [-0.05, 0) is 246 Å². The summed E-state index contributed by atoms with van der Waals surface area (Å²) >= 11 is 37.3. The molecule has 0 amide bonds. The van der Waals surface area contributed by atoms with Crippen LogP contribution in [0.25, 0.3) is 11.1 Å². The van der Waals surface area contributed by atoms with Crippen molar-refractivity contribution in [3.05, 3.63) is 265 Å². The number of hydrogen-bond donors (Lipinski definition) is 7. The summed E-state index contributed by atoms with van der Waals surface area (Å²) in [5.74, 6) is 1.87. The summed E-state index contributed by atoms with van der Waals surface area (Å²) in [4.78, 5) is 49.5. The predicted octanol–water partition coefficient (Wildman–Crippen LogP) is 15.0. The number of nitrogens with zero attached hydrogens (tertiary/aromatic N) is 5. The van der Waals surface area contributed by atoms with E-state index in [0.29, 0.717) is 68.9 Å². The number of nitrogen functional groups attached to an aromatic ring is 4. The minimum atomic E-state index is -0.565. The van der Waals surface area contributed by atoms with Crippen LogP contribution in [0, 0.1) is 17.4 Å². The lowest BCUT2D eigenvalue weighted by molar-refractivity contribution is 0.00578. The van der Waals surface area contributed by atoms with E-state index in [9.17, 15) is 24.3 Å². The Morgan fingerprint density at radius 2 is 0.811 bits per heavy atom. The van der Waals surface area contributed by atoms with E-state index in [4.69, 9.17) is 123 Å². The molecule has 0 spiro atoms. The highest BCUT2D eigenvalue weighted by Gasteiger charge is 2.64. The second kappa shape index (κ2) is 39.1. The van der Waals surface area contributed by atoms with Gasteiger partial charge < -0.3 is 88.8 Å². The average Bonchev–Trinajstić information content (AvgIpc) is 1.58. The molecule has 11 N–H and O–H groups in total. The normalized spacial score (nSPS) is 15.7. The zero-order chi connectivity index (χ0) is 82.5. The van der Waals surface area contributed by atoms with Gasteiger partial charge in [0.2, 0.25) is 0 Å². The number of H-pyrrole nitrogens is 1. The summed E-state index contributed by atoms with van der Waals surface area (Å²) in [5.41, 5.74) is 27.1. The summed E-state index contributed by atoms with van der Waals surface area (Å²) in [7, 11) is -1.52. The van der Waals surface area contributed by atoms with E-state index < -0.39 is 32.3 Å². The number of alkyl halides is 1. The van der Waals surface area contributed by atoms with Gasteiger partial charge in [0.15, 0.2) is 0 Å². The molecule has 0 radical (unpaired) electrons. The van der Waals surface area contributed by atoms with Crippen molar-refractivity contribution in [3.63, 3.8) is 0 Å². The van der Waals surface area contributed by atoms with Crippen LogP contribution in [0.2, 0.25) is 20.1 Å². The number of aliphatic hydroxyl groups is 2. The van der Waals surface area contributed by atoms with Crippen LogP contribution >= 0.6 is 112 Å². The topological polar surface area (TPSA) is 351 Å². The van der Waals surface area contributed by atoms with Gasteiger partial charge in [0.1, 0.15) is 22.9 Å². The second-order valence-electron chi connectivity index (χ2n) is 28.8. The molecule has 3 fully saturated rings. The number of nitrogens with two attached hydrogens (primary N) is 4. The van der Waals surface area contributed by atoms with Gasteiger partial charge in [0, 0.05) is 70.7 Å². The molecule has 111 heavy (non-hydrogen) atoms.